The number of esters is 1. The largest absolute Gasteiger partial charge is 0.447 e. The van der Waals surface area contributed by atoms with Crippen LogP contribution in [0.1, 0.15) is 13.3 Å². The van der Waals surface area contributed by atoms with Crippen molar-refractivity contribution < 1.29 is 14.3 Å². The van der Waals surface area contributed by atoms with Gasteiger partial charge in [-0.1, -0.05) is 6.07 Å². The van der Waals surface area contributed by atoms with Gasteiger partial charge in [0.1, 0.15) is 6.07 Å². The van der Waals surface area contributed by atoms with Crippen LogP contribution >= 0.6 is 11.8 Å². The molecule has 6 heteroatoms. The number of thioether (sulfide) groups is 1. The first-order chi connectivity index (χ1) is 10.0. The highest BCUT2D eigenvalue weighted by atomic mass is 32.2. The lowest BCUT2D eigenvalue weighted by Crippen LogP contribution is -2.27. The van der Waals surface area contributed by atoms with E-state index < -0.39 is 18.0 Å². The van der Waals surface area contributed by atoms with E-state index in [0.717, 1.165) is 10.6 Å². The number of anilines is 1. The van der Waals surface area contributed by atoms with Gasteiger partial charge < -0.3 is 9.64 Å². The Balaban J connectivity index is 2.09. The van der Waals surface area contributed by atoms with Gasteiger partial charge in [0.25, 0.3) is 0 Å². The van der Waals surface area contributed by atoms with Crippen molar-refractivity contribution in [2.75, 3.05) is 17.7 Å². The number of hydrogen-bond acceptors (Lipinski definition) is 5. The molecule has 0 unspecified atom stereocenters. The van der Waals surface area contributed by atoms with Gasteiger partial charge in [0.05, 0.1) is 5.92 Å². The van der Waals surface area contributed by atoms with Crippen LogP contribution in [0.15, 0.2) is 29.2 Å². The predicted molar refractivity (Wildman–Crippen MR) is 79.9 cm³/mol. The van der Waals surface area contributed by atoms with Crippen molar-refractivity contribution in [1.82, 2.24) is 0 Å². The average molecular weight is 304 g/mol. The molecule has 1 amide bonds. The predicted octanol–water partition coefficient (Wildman–Crippen LogP) is 2.22. The summed E-state index contributed by atoms with van der Waals surface area (Å²) in [5.41, 5.74) is 0.787. The summed E-state index contributed by atoms with van der Waals surface area (Å²) in [7, 11) is 0. The lowest BCUT2D eigenvalue weighted by atomic mass is 10.1. The first-order valence-corrected chi connectivity index (χ1v) is 7.82. The van der Waals surface area contributed by atoms with Gasteiger partial charge in [0.2, 0.25) is 5.91 Å². The fraction of sp³-hybridized carbons (Fsp3) is 0.400. The molecule has 21 heavy (non-hydrogen) atoms. The minimum Gasteiger partial charge on any atom is -0.447 e. The summed E-state index contributed by atoms with van der Waals surface area (Å²) in [6.07, 6.45) is 1.30. The van der Waals surface area contributed by atoms with E-state index in [1.165, 1.54) is 6.92 Å². The van der Waals surface area contributed by atoms with Gasteiger partial charge in [-0.3, -0.25) is 9.59 Å². The fourth-order valence-corrected chi connectivity index (χ4v) is 2.64. The Hall–Kier alpha value is -2.00. The fourth-order valence-electron chi connectivity index (χ4n) is 2.19. The summed E-state index contributed by atoms with van der Waals surface area (Å²) >= 11 is 1.60. The quantitative estimate of drug-likeness (QED) is 0.630. The van der Waals surface area contributed by atoms with Gasteiger partial charge in [0, 0.05) is 23.5 Å². The molecule has 1 aromatic rings. The Morgan fingerprint density at radius 1 is 1.57 bits per heavy atom. The summed E-state index contributed by atoms with van der Waals surface area (Å²) in [5, 5.41) is 8.66. The molecule has 1 heterocycles. The van der Waals surface area contributed by atoms with E-state index in [9.17, 15) is 9.59 Å². The molecule has 5 nitrogen and oxygen atoms in total. The summed E-state index contributed by atoms with van der Waals surface area (Å²) in [6.45, 7) is 1.81. The molecule has 2 atom stereocenters. The lowest BCUT2D eigenvalue weighted by Gasteiger charge is -2.17. The molecule has 110 valence electrons. The molecule has 0 radical (unpaired) electrons. The second-order valence-electron chi connectivity index (χ2n) is 4.82. The Morgan fingerprint density at radius 2 is 2.33 bits per heavy atom. The third-order valence-electron chi connectivity index (χ3n) is 3.30. The lowest BCUT2D eigenvalue weighted by molar-refractivity contribution is -0.150. The number of rotatable bonds is 4. The normalized spacial score (nSPS) is 19.2. The second-order valence-corrected chi connectivity index (χ2v) is 5.69. The van der Waals surface area contributed by atoms with Gasteiger partial charge >= 0.3 is 5.97 Å². The van der Waals surface area contributed by atoms with Crippen LogP contribution in [0.25, 0.3) is 0 Å². The van der Waals surface area contributed by atoms with Crippen LogP contribution in [0.5, 0.6) is 0 Å². The standard InChI is InChI=1S/C15H16N2O3S/c1-10(8-16)20-15(19)11-6-14(18)17(9-11)12-4-3-5-13(7-12)21-2/h3-5,7,10-11H,6,9H2,1-2H3/t10-,11+/m0/s1. The van der Waals surface area contributed by atoms with Gasteiger partial charge in [-0.15, -0.1) is 11.8 Å². The van der Waals surface area contributed by atoms with Gasteiger partial charge in [-0.05, 0) is 31.4 Å². The van der Waals surface area contributed by atoms with Crippen LogP contribution in [0.3, 0.4) is 0 Å². The van der Waals surface area contributed by atoms with E-state index in [0.29, 0.717) is 6.54 Å². The maximum Gasteiger partial charge on any atom is 0.312 e. The summed E-state index contributed by atoms with van der Waals surface area (Å²) in [5.74, 6) is -1.09. The number of nitriles is 1. The molecule has 0 saturated carbocycles. The molecule has 1 aliphatic heterocycles. The molecule has 1 fully saturated rings. The minimum absolute atomic E-state index is 0.0974. The number of hydrogen-bond donors (Lipinski definition) is 0. The van der Waals surface area contributed by atoms with Crippen LogP contribution in [0.4, 0.5) is 5.69 Å². The molecule has 0 spiro atoms. The third kappa shape index (κ3) is 3.56. The molecule has 0 bridgehead atoms. The van der Waals surface area contributed by atoms with Gasteiger partial charge in [-0.2, -0.15) is 5.26 Å². The number of benzene rings is 1. The number of carbonyl (C=O) groups is 2. The second kappa shape index (κ2) is 6.64. The highest BCUT2D eigenvalue weighted by molar-refractivity contribution is 7.98. The first kappa shape index (κ1) is 15.4. The smallest absolute Gasteiger partial charge is 0.312 e. The molecule has 1 aromatic carbocycles. The average Bonchev–Trinajstić information content (AvgIpc) is 2.89. The molecular formula is C15H16N2O3S. The molecule has 0 N–H and O–H groups in total. The number of amides is 1. The topological polar surface area (TPSA) is 70.4 Å². The highest BCUT2D eigenvalue weighted by Crippen LogP contribution is 2.28. The molecule has 2 rings (SSSR count). The van der Waals surface area contributed by atoms with Crippen LogP contribution in [-0.2, 0) is 14.3 Å². The molecule has 0 aromatic heterocycles. The van der Waals surface area contributed by atoms with Crippen molar-refractivity contribution in [2.24, 2.45) is 5.92 Å². The SMILES string of the molecule is CSc1cccc(N2C[C@H](C(=O)O[C@@H](C)C#N)CC2=O)c1. The van der Waals surface area contributed by atoms with E-state index in [-0.39, 0.29) is 12.3 Å². The highest BCUT2D eigenvalue weighted by Gasteiger charge is 2.36. The van der Waals surface area contributed by atoms with Crippen molar-refractivity contribution in [3.63, 3.8) is 0 Å². The van der Waals surface area contributed by atoms with Crippen molar-refractivity contribution >= 4 is 29.3 Å². The Bertz CT molecular complexity index is 597. The molecular weight excluding hydrogens is 288 g/mol. The zero-order valence-corrected chi connectivity index (χ0v) is 12.7. The number of carbonyl (C=O) groups excluding carboxylic acids is 2. The molecule has 0 aliphatic carbocycles. The Kier molecular flexibility index (Phi) is 4.86. The van der Waals surface area contributed by atoms with Crippen molar-refractivity contribution in [3.8, 4) is 6.07 Å². The summed E-state index contributed by atoms with van der Waals surface area (Å²) in [4.78, 5) is 26.7. The first-order valence-electron chi connectivity index (χ1n) is 6.59. The van der Waals surface area contributed by atoms with Gasteiger partial charge in [0.15, 0.2) is 6.10 Å². The van der Waals surface area contributed by atoms with E-state index in [1.54, 1.807) is 16.7 Å². The number of ether oxygens (including phenoxy) is 1. The summed E-state index contributed by atoms with van der Waals surface area (Å²) < 4.78 is 4.98. The van der Waals surface area contributed by atoms with Crippen LogP contribution < -0.4 is 4.90 Å². The Labute approximate surface area is 127 Å². The number of nitrogens with zero attached hydrogens (tertiary/aromatic N) is 2. The van der Waals surface area contributed by atoms with Crippen LogP contribution in [0.2, 0.25) is 0 Å². The van der Waals surface area contributed by atoms with E-state index >= 15 is 0 Å². The maximum atomic E-state index is 12.1. The molecule has 1 aliphatic rings. The summed E-state index contributed by atoms with van der Waals surface area (Å²) in [6, 6.07) is 9.47. The third-order valence-corrected chi connectivity index (χ3v) is 4.02. The monoisotopic (exact) mass is 304 g/mol. The van der Waals surface area contributed by atoms with E-state index in [1.807, 2.05) is 36.6 Å². The minimum atomic E-state index is -0.790. The molecule has 1 saturated heterocycles. The van der Waals surface area contributed by atoms with E-state index in [2.05, 4.69) is 0 Å². The Morgan fingerprint density at radius 3 is 3.00 bits per heavy atom. The van der Waals surface area contributed by atoms with Crippen molar-refractivity contribution in [3.05, 3.63) is 24.3 Å². The maximum absolute atomic E-state index is 12.1. The van der Waals surface area contributed by atoms with Crippen LogP contribution in [-0.4, -0.2) is 30.8 Å². The zero-order chi connectivity index (χ0) is 15.4. The van der Waals surface area contributed by atoms with E-state index in [4.69, 9.17) is 10.00 Å². The zero-order valence-electron chi connectivity index (χ0n) is 11.9. The van der Waals surface area contributed by atoms with Crippen molar-refractivity contribution in [2.45, 2.75) is 24.3 Å². The van der Waals surface area contributed by atoms with Gasteiger partial charge in [-0.25, -0.2) is 0 Å². The van der Waals surface area contributed by atoms with Crippen LogP contribution in [0, 0.1) is 17.2 Å². The van der Waals surface area contributed by atoms with Crippen molar-refractivity contribution in [1.29, 1.82) is 5.26 Å².